The lowest BCUT2D eigenvalue weighted by Gasteiger charge is -2.19. The van der Waals surface area contributed by atoms with Crippen LogP contribution >= 0.6 is 0 Å². The van der Waals surface area contributed by atoms with Crippen LogP contribution < -0.4 is 5.32 Å². The van der Waals surface area contributed by atoms with E-state index in [9.17, 15) is 5.11 Å². The van der Waals surface area contributed by atoms with Gasteiger partial charge in [-0.1, -0.05) is 20.8 Å². The van der Waals surface area contributed by atoms with Gasteiger partial charge in [-0.3, -0.25) is 4.68 Å². The van der Waals surface area contributed by atoms with Gasteiger partial charge in [0.1, 0.15) is 0 Å². The third kappa shape index (κ3) is 3.54. The normalized spacial score (nSPS) is 13.4. The van der Waals surface area contributed by atoms with Crippen molar-refractivity contribution in [3.63, 3.8) is 0 Å². The summed E-state index contributed by atoms with van der Waals surface area (Å²) in [4.78, 5) is 0. The summed E-state index contributed by atoms with van der Waals surface area (Å²) in [5.41, 5.74) is 3.64. The molecule has 0 bridgehead atoms. The van der Waals surface area contributed by atoms with Gasteiger partial charge < -0.3 is 10.4 Å². The van der Waals surface area contributed by atoms with Gasteiger partial charge in [-0.05, 0) is 25.8 Å². The fourth-order valence-corrected chi connectivity index (χ4v) is 2.27. The van der Waals surface area contributed by atoms with Crippen molar-refractivity contribution in [1.29, 1.82) is 0 Å². The summed E-state index contributed by atoms with van der Waals surface area (Å²) in [6.45, 7) is 11.3. The number of aryl methyl sites for hydroxylation is 1. The van der Waals surface area contributed by atoms with Crippen LogP contribution in [-0.2, 0) is 13.0 Å². The molecule has 4 nitrogen and oxygen atoms in total. The second-order valence-electron chi connectivity index (χ2n) is 4.89. The monoisotopic (exact) mass is 239 g/mol. The van der Waals surface area contributed by atoms with E-state index >= 15 is 0 Å². The molecule has 17 heavy (non-hydrogen) atoms. The number of nitrogens with one attached hydrogen (secondary N) is 1. The SMILES string of the molecule is CCc1c(C)nn(CC(CO)NC(C)C)c1C. The average Bonchev–Trinajstić information content (AvgIpc) is 2.52. The van der Waals surface area contributed by atoms with Gasteiger partial charge in [0, 0.05) is 11.7 Å². The molecule has 1 unspecified atom stereocenters. The number of hydrogen-bond donors (Lipinski definition) is 2. The van der Waals surface area contributed by atoms with Crippen molar-refractivity contribution >= 4 is 0 Å². The summed E-state index contributed by atoms with van der Waals surface area (Å²) in [5, 5.41) is 17.2. The van der Waals surface area contributed by atoms with E-state index in [0.717, 1.165) is 18.7 Å². The predicted molar refractivity (Wildman–Crippen MR) is 70.2 cm³/mol. The van der Waals surface area contributed by atoms with Crippen LogP contribution in [0.25, 0.3) is 0 Å². The molecule has 1 aromatic rings. The van der Waals surface area contributed by atoms with Crippen molar-refractivity contribution in [2.75, 3.05) is 6.61 Å². The lowest BCUT2D eigenvalue weighted by molar-refractivity contribution is 0.217. The van der Waals surface area contributed by atoms with Crippen LogP contribution in [-0.4, -0.2) is 33.6 Å². The molecule has 98 valence electrons. The summed E-state index contributed by atoms with van der Waals surface area (Å²) >= 11 is 0. The van der Waals surface area contributed by atoms with Crippen LogP contribution in [0.3, 0.4) is 0 Å². The first-order valence-corrected chi connectivity index (χ1v) is 6.39. The van der Waals surface area contributed by atoms with Crippen LogP contribution in [0.4, 0.5) is 0 Å². The average molecular weight is 239 g/mol. The molecule has 4 heteroatoms. The molecule has 0 aliphatic carbocycles. The Labute approximate surface area is 104 Å². The Morgan fingerprint density at radius 3 is 2.41 bits per heavy atom. The smallest absolute Gasteiger partial charge is 0.0628 e. The van der Waals surface area contributed by atoms with Gasteiger partial charge in [-0.25, -0.2) is 0 Å². The highest BCUT2D eigenvalue weighted by molar-refractivity contribution is 5.24. The van der Waals surface area contributed by atoms with Crippen LogP contribution in [0.2, 0.25) is 0 Å². The first-order chi connectivity index (χ1) is 7.99. The van der Waals surface area contributed by atoms with Gasteiger partial charge in [0.05, 0.1) is 24.9 Å². The van der Waals surface area contributed by atoms with Gasteiger partial charge in [-0.2, -0.15) is 5.10 Å². The fourth-order valence-electron chi connectivity index (χ4n) is 2.27. The lowest BCUT2D eigenvalue weighted by atomic mass is 10.1. The number of nitrogens with zero attached hydrogens (tertiary/aromatic N) is 2. The summed E-state index contributed by atoms with van der Waals surface area (Å²) in [6, 6.07) is 0.437. The lowest BCUT2D eigenvalue weighted by Crippen LogP contribution is -2.41. The molecule has 0 spiro atoms. The van der Waals surface area contributed by atoms with Gasteiger partial charge in [-0.15, -0.1) is 0 Å². The van der Waals surface area contributed by atoms with E-state index in [4.69, 9.17) is 0 Å². The van der Waals surface area contributed by atoms with Crippen molar-refractivity contribution in [3.05, 3.63) is 17.0 Å². The number of hydrogen-bond acceptors (Lipinski definition) is 3. The van der Waals surface area contributed by atoms with E-state index < -0.39 is 0 Å². The standard InChI is InChI=1S/C13H25N3O/c1-6-13-10(4)15-16(11(13)5)7-12(8-17)14-9(2)3/h9,12,14,17H,6-8H2,1-5H3. The quantitative estimate of drug-likeness (QED) is 0.789. The Hall–Kier alpha value is -0.870. The van der Waals surface area contributed by atoms with E-state index in [1.807, 2.05) is 11.6 Å². The third-order valence-electron chi connectivity index (χ3n) is 3.07. The Balaban J connectivity index is 2.79. The zero-order valence-electron chi connectivity index (χ0n) is 11.6. The van der Waals surface area contributed by atoms with Crippen molar-refractivity contribution in [3.8, 4) is 0 Å². The maximum Gasteiger partial charge on any atom is 0.0628 e. The Kier molecular flexibility index (Phi) is 5.15. The third-order valence-corrected chi connectivity index (χ3v) is 3.07. The Morgan fingerprint density at radius 1 is 1.35 bits per heavy atom. The Bertz CT molecular complexity index is 358. The van der Waals surface area contributed by atoms with E-state index in [0.29, 0.717) is 6.04 Å². The molecular weight excluding hydrogens is 214 g/mol. The second kappa shape index (κ2) is 6.17. The van der Waals surface area contributed by atoms with E-state index in [1.165, 1.54) is 11.3 Å². The van der Waals surface area contributed by atoms with Crippen LogP contribution in [0, 0.1) is 13.8 Å². The number of aromatic nitrogens is 2. The first-order valence-electron chi connectivity index (χ1n) is 6.39. The van der Waals surface area contributed by atoms with E-state index in [1.54, 1.807) is 0 Å². The van der Waals surface area contributed by atoms with Crippen molar-refractivity contribution in [1.82, 2.24) is 15.1 Å². The maximum absolute atomic E-state index is 9.36. The van der Waals surface area contributed by atoms with Crippen LogP contribution in [0.15, 0.2) is 0 Å². The number of rotatable bonds is 6. The molecular formula is C13H25N3O. The zero-order valence-corrected chi connectivity index (χ0v) is 11.6. The summed E-state index contributed by atoms with van der Waals surface area (Å²) in [6.07, 6.45) is 1.01. The Morgan fingerprint density at radius 2 is 2.00 bits per heavy atom. The molecule has 0 aliphatic rings. The number of aliphatic hydroxyl groups is 1. The van der Waals surface area contributed by atoms with Gasteiger partial charge in [0.25, 0.3) is 0 Å². The molecule has 0 amide bonds. The summed E-state index contributed by atoms with van der Waals surface area (Å²) in [7, 11) is 0. The highest BCUT2D eigenvalue weighted by atomic mass is 16.3. The molecule has 0 aromatic carbocycles. The van der Waals surface area contributed by atoms with Crippen LogP contribution in [0.5, 0.6) is 0 Å². The van der Waals surface area contributed by atoms with Crippen LogP contribution in [0.1, 0.15) is 37.7 Å². The minimum absolute atomic E-state index is 0.0673. The number of aliphatic hydroxyl groups excluding tert-OH is 1. The molecule has 0 fully saturated rings. The largest absolute Gasteiger partial charge is 0.395 e. The van der Waals surface area contributed by atoms with E-state index in [-0.39, 0.29) is 12.6 Å². The molecule has 1 rings (SSSR count). The topological polar surface area (TPSA) is 50.1 Å². The molecule has 1 aromatic heterocycles. The highest BCUT2D eigenvalue weighted by Crippen LogP contribution is 2.13. The van der Waals surface area contributed by atoms with Gasteiger partial charge in [0.2, 0.25) is 0 Å². The first kappa shape index (κ1) is 14.2. The van der Waals surface area contributed by atoms with Crippen molar-refractivity contribution in [2.45, 2.75) is 59.7 Å². The molecule has 1 heterocycles. The molecule has 0 saturated carbocycles. The van der Waals surface area contributed by atoms with Gasteiger partial charge >= 0.3 is 0 Å². The molecule has 0 saturated heterocycles. The van der Waals surface area contributed by atoms with Crippen molar-refractivity contribution < 1.29 is 5.11 Å². The molecule has 2 N–H and O–H groups in total. The van der Waals surface area contributed by atoms with Crippen molar-refractivity contribution in [2.24, 2.45) is 0 Å². The molecule has 0 radical (unpaired) electrons. The highest BCUT2D eigenvalue weighted by Gasteiger charge is 2.14. The van der Waals surface area contributed by atoms with Gasteiger partial charge in [0.15, 0.2) is 0 Å². The summed E-state index contributed by atoms with van der Waals surface area (Å²) < 4.78 is 2.00. The molecule has 1 atom stereocenters. The fraction of sp³-hybridized carbons (Fsp3) is 0.769. The zero-order chi connectivity index (χ0) is 13.0. The second-order valence-corrected chi connectivity index (χ2v) is 4.89. The molecule has 0 aliphatic heterocycles. The predicted octanol–water partition coefficient (Wildman–Crippen LogP) is 1.42. The minimum atomic E-state index is 0.0673. The minimum Gasteiger partial charge on any atom is -0.395 e. The summed E-state index contributed by atoms with van der Waals surface area (Å²) in [5.74, 6) is 0. The maximum atomic E-state index is 9.36. The van der Waals surface area contributed by atoms with E-state index in [2.05, 4.69) is 38.1 Å².